The van der Waals surface area contributed by atoms with Crippen LogP contribution in [0.1, 0.15) is 43.3 Å². The lowest BCUT2D eigenvalue weighted by atomic mass is 9.91. The van der Waals surface area contributed by atoms with Crippen molar-refractivity contribution in [1.82, 2.24) is 24.7 Å². The van der Waals surface area contributed by atoms with Crippen LogP contribution < -0.4 is 10.5 Å². The van der Waals surface area contributed by atoms with E-state index in [1.165, 1.54) is 0 Å². The molecule has 3 aromatic rings. The molecule has 3 heterocycles. The normalized spacial score (nSPS) is 12.0. The van der Waals surface area contributed by atoms with Gasteiger partial charge in [0.05, 0.1) is 30.4 Å². The number of pyridine rings is 1. The molecule has 26 heavy (non-hydrogen) atoms. The Morgan fingerprint density at radius 2 is 1.92 bits per heavy atom. The minimum atomic E-state index is -0.222. The smallest absolute Gasteiger partial charge is 0.223 e. The van der Waals surface area contributed by atoms with Crippen molar-refractivity contribution in [1.29, 1.82) is 0 Å². The molecule has 0 aliphatic carbocycles. The molecule has 0 saturated heterocycles. The summed E-state index contributed by atoms with van der Waals surface area (Å²) in [5.41, 5.74) is 9.84. The van der Waals surface area contributed by atoms with Gasteiger partial charge in [-0.2, -0.15) is 10.1 Å². The Labute approximate surface area is 157 Å². The second kappa shape index (κ2) is 6.39. The Hall–Kier alpha value is -2.41. The SMILES string of the molecule is COc1c(C)cnc(Cn2nc(C(C)(C)C)c3c(Cl)nc(N)nc32)c1C. The Bertz CT molecular complexity index is 990. The first kappa shape index (κ1) is 18.4. The van der Waals surface area contributed by atoms with Crippen molar-refractivity contribution in [3.05, 3.63) is 33.9 Å². The number of methoxy groups -OCH3 is 1. The van der Waals surface area contributed by atoms with Crippen LogP contribution in [-0.4, -0.2) is 31.8 Å². The molecule has 3 rings (SSSR count). The number of hydrogen-bond acceptors (Lipinski definition) is 6. The fraction of sp³-hybridized carbons (Fsp3) is 0.444. The zero-order valence-corrected chi connectivity index (χ0v) is 16.6. The lowest BCUT2D eigenvalue weighted by Crippen LogP contribution is -2.14. The fourth-order valence-corrected chi connectivity index (χ4v) is 3.31. The Morgan fingerprint density at radius 1 is 1.23 bits per heavy atom. The summed E-state index contributed by atoms with van der Waals surface area (Å²) in [6, 6.07) is 0. The van der Waals surface area contributed by atoms with E-state index in [9.17, 15) is 0 Å². The summed E-state index contributed by atoms with van der Waals surface area (Å²) >= 11 is 6.37. The third kappa shape index (κ3) is 3.07. The highest BCUT2D eigenvalue weighted by Crippen LogP contribution is 2.33. The third-order valence-electron chi connectivity index (χ3n) is 4.32. The maximum Gasteiger partial charge on any atom is 0.223 e. The van der Waals surface area contributed by atoms with Crippen LogP contribution in [0, 0.1) is 13.8 Å². The molecule has 2 N–H and O–H groups in total. The number of nitrogens with zero attached hydrogens (tertiary/aromatic N) is 5. The molecule has 8 heteroatoms. The molecule has 0 spiro atoms. The molecule has 0 unspecified atom stereocenters. The molecule has 0 aliphatic heterocycles. The van der Waals surface area contributed by atoms with Crippen LogP contribution in [0.5, 0.6) is 5.75 Å². The summed E-state index contributed by atoms with van der Waals surface area (Å²) in [7, 11) is 1.66. The van der Waals surface area contributed by atoms with E-state index in [-0.39, 0.29) is 11.4 Å². The molecule has 3 aromatic heterocycles. The van der Waals surface area contributed by atoms with Crippen molar-refractivity contribution in [3.63, 3.8) is 0 Å². The van der Waals surface area contributed by atoms with Gasteiger partial charge in [-0.1, -0.05) is 32.4 Å². The van der Waals surface area contributed by atoms with Crippen molar-refractivity contribution >= 4 is 28.6 Å². The van der Waals surface area contributed by atoms with Gasteiger partial charge in [0, 0.05) is 22.7 Å². The van der Waals surface area contributed by atoms with Gasteiger partial charge in [0.2, 0.25) is 5.95 Å². The fourth-order valence-electron chi connectivity index (χ4n) is 3.05. The highest BCUT2D eigenvalue weighted by Gasteiger charge is 2.26. The standard InChI is InChI=1S/C18H23ClN6O/c1-9-7-21-11(10(2)13(9)26-6)8-25-16-12(14(24-25)18(3,4)5)15(19)22-17(20)23-16/h7H,8H2,1-6H3,(H2,20,22,23). The molecule has 0 radical (unpaired) electrons. The first-order valence-electron chi connectivity index (χ1n) is 8.32. The van der Waals surface area contributed by atoms with Crippen molar-refractivity contribution < 1.29 is 4.74 Å². The van der Waals surface area contributed by atoms with Gasteiger partial charge in [0.25, 0.3) is 0 Å². The van der Waals surface area contributed by atoms with Crippen molar-refractivity contribution in [3.8, 4) is 5.75 Å². The van der Waals surface area contributed by atoms with E-state index in [2.05, 4.69) is 35.7 Å². The van der Waals surface area contributed by atoms with Crippen molar-refractivity contribution in [2.75, 3.05) is 12.8 Å². The van der Waals surface area contributed by atoms with Crippen LogP contribution >= 0.6 is 11.6 Å². The van der Waals surface area contributed by atoms with Gasteiger partial charge in [-0.3, -0.25) is 4.98 Å². The summed E-state index contributed by atoms with van der Waals surface area (Å²) < 4.78 is 7.28. The van der Waals surface area contributed by atoms with Gasteiger partial charge >= 0.3 is 0 Å². The maximum absolute atomic E-state index is 6.37. The second-order valence-corrected chi connectivity index (χ2v) is 7.73. The number of aryl methyl sites for hydroxylation is 1. The highest BCUT2D eigenvalue weighted by molar-refractivity contribution is 6.34. The highest BCUT2D eigenvalue weighted by atomic mass is 35.5. The monoisotopic (exact) mass is 374 g/mol. The van der Waals surface area contributed by atoms with Gasteiger partial charge in [-0.15, -0.1) is 0 Å². The van der Waals surface area contributed by atoms with E-state index >= 15 is 0 Å². The summed E-state index contributed by atoms with van der Waals surface area (Å²) in [6.45, 7) is 10.6. The van der Waals surface area contributed by atoms with Crippen molar-refractivity contribution in [2.24, 2.45) is 0 Å². The minimum Gasteiger partial charge on any atom is -0.496 e. The number of ether oxygens (including phenoxy) is 1. The van der Waals surface area contributed by atoms with Crippen LogP contribution in [0.3, 0.4) is 0 Å². The predicted octanol–water partition coefficient (Wildman–Crippen LogP) is 3.43. The van der Waals surface area contributed by atoms with Crippen LogP contribution in [-0.2, 0) is 12.0 Å². The van der Waals surface area contributed by atoms with E-state index < -0.39 is 0 Å². The lowest BCUT2D eigenvalue weighted by molar-refractivity contribution is 0.406. The number of hydrogen-bond donors (Lipinski definition) is 1. The topological polar surface area (TPSA) is 91.7 Å². The first-order chi connectivity index (χ1) is 12.1. The summed E-state index contributed by atoms with van der Waals surface area (Å²) in [4.78, 5) is 13.0. The van der Waals surface area contributed by atoms with E-state index in [1.807, 2.05) is 13.8 Å². The maximum atomic E-state index is 6.37. The third-order valence-corrected chi connectivity index (χ3v) is 4.60. The number of halogens is 1. The Kier molecular flexibility index (Phi) is 4.52. The molecule has 0 amide bonds. The van der Waals surface area contributed by atoms with Crippen LogP contribution in [0.15, 0.2) is 6.20 Å². The number of nitrogen functional groups attached to an aromatic ring is 1. The quantitative estimate of drug-likeness (QED) is 0.706. The minimum absolute atomic E-state index is 0.121. The molecule has 0 aromatic carbocycles. The van der Waals surface area contributed by atoms with Gasteiger partial charge in [-0.25, -0.2) is 9.67 Å². The number of fused-ring (bicyclic) bond motifs is 1. The van der Waals surface area contributed by atoms with E-state index in [4.69, 9.17) is 27.2 Å². The summed E-state index contributed by atoms with van der Waals surface area (Å²) in [6.07, 6.45) is 1.80. The molecular formula is C18H23ClN6O. The average molecular weight is 375 g/mol. The van der Waals surface area contributed by atoms with E-state index in [0.717, 1.165) is 33.7 Å². The van der Waals surface area contributed by atoms with Gasteiger partial charge < -0.3 is 10.5 Å². The first-order valence-corrected chi connectivity index (χ1v) is 8.70. The molecule has 138 valence electrons. The molecule has 0 aliphatic rings. The number of anilines is 1. The molecule has 0 fully saturated rings. The van der Waals surface area contributed by atoms with Gasteiger partial charge in [0.1, 0.15) is 10.9 Å². The molecule has 0 atom stereocenters. The predicted molar refractivity (Wildman–Crippen MR) is 103 cm³/mol. The molecule has 7 nitrogen and oxygen atoms in total. The van der Waals surface area contributed by atoms with Gasteiger partial charge in [0.15, 0.2) is 5.65 Å². The lowest BCUT2D eigenvalue weighted by Gasteiger charge is -2.15. The number of nitrogens with two attached hydrogens (primary N) is 1. The molecule has 0 saturated carbocycles. The Morgan fingerprint density at radius 3 is 2.54 bits per heavy atom. The Balaban J connectivity index is 2.21. The number of rotatable bonds is 3. The summed E-state index contributed by atoms with van der Waals surface area (Å²) in [5.74, 6) is 0.949. The zero-order chi connectivity index (χ0) is 19.2. The largest absolute Gasteiger partial charge is 0.496 e. The number of aromatic nitrogens is 5. The second-order valence-electron chi connectivity index (χ2n) is 7.37. The van der Waals surface area contributed by atoms with Crippen LogP contribution in [0.2, 0.25) is 5.15 Å². The van der Waals surface area contributed by atoms with Gasteiger partial charge in [-0.05, 0) is 13.8 Å². The zero-order valence-electron chi connectivity index (χ0n) is 15.9. The van der Waals surface area contributed by atoms with Crippen LogP contribution in [0.25, 0.3) is 11.0 Å². The van der Waals surface area contributed by atoms with Crippen molar-refractivity contribution in [2.45, 2.75) is 46.6 Å². The molecular weight excluding hydrogens is 352 g/mol. The average Bonchev–Trinajstić information content (AvgIpc) is 2.90. The summed E-state index contributed by atoms with van der Waals surface area (Å²) in [5, 5.41) is 5.81. The van der Waals surface area contributed by atoms with E-state index in [1.54, 1.807) is 18.0 Å². The van der Waals surface area contributed by atoms with Crippen LogP contribution in [0.4, 0.5) is 5.95 Å². The molecule has 0 bridgehead atoms. The van der Waals surface area contributed by atoms with E-state index in [0.29, 0.717) is 17.3 Å².